The summed E-state index contributed by atoms with van der Waals surface area (Å²) in [7, 11) is 3.09. The predicted octanol–water partition coefficient (Wildman–Crippen LogP) is 6.39. The van der Waals surface area contributed by atoms with E-state index in [4.69, 9.17) is 18.6 Å². The molecule has 4 aromatic rings. The lowest BCUT2D eigenvalue weighted by Crippen LogP contribution is -2.14. The molecule has 0 spiro atoms. The Hall–Kier alpha value is -4.32. The molecule has 4 rings (SSSR count). The van der Waals surface area contributed by atoms with Crippen molar-refractivity contribution in [1.82, 2.24) is 0 Å². The van der Waals surface area contributed by atoms with Crippen molar-refractivity contribution in [3.8, 4) is 28.6 Å². The Morgan fingerprint density at radius 2 is 1.58 bits per heavy atom. The SMILES string of the molecule is COc1ccc(/C=C/C(=O)Oc2c(-c3ccc(C(C)(C)C)cc3)oc3ccccc3c2=O)cc1OC. The normalized spacial score (nSPS) is 11.6. The van der Waals surface area contributed by atoms with Crippen molar-refractivity contribution in [1.29, 1.82) is 0 Å². The fourth-order valence-corrected chi connectivity index (χ4v) is 3.78. The Morgan fingerprint density at radius 1 is 0.889 bits per heavy atom. The van der Waals surface area contributed by atoms with E-state index in [0.29, 0.717) is 33.6 Å². The molecule has 0 aliphatic rings. The Balaban J connectivity index is 1.71. The third kappa shape index (κ3) is 5.18. The quantitative estimate of drug-likeness (QED) is 0.233. The van der Waals surface area contributed by atoms with Gasteiger partial charge in [0.1, 0.15) is 5.58 Å². The Labute approximate surface area is 209 Å². The number of para-hydroxylation sites is 1. The highest BCUT2D eigenvalue weighted by Crippen LogP contribution is 2.33. The number of ether oxygens (including phenoxy) is 3. The fraction of sp³-hybridized carbons (Fsp3) is 0.200. The third-order valence-corrected chi connectivity index (χ3v) is 5.79. The average molecular weight is 485 g/mol. The van der Waals surface area contributed by atoms with Crippen LogP contribution in [0.5, 0.6) is 17.2 Å². The van der Waals surface area contributed by atoms with Gasteiger partial charge in [0.25, 0.3) is 0 Å². The second-order valence-electron chi connectivity index (χ2n) is 9.28. The van der Waals surface area contributed by atoms with Crippen molar-refractivity contribution in [3.05, 3.63) is 94.2 Å². The molecule has 3 aromatic carbocycles. The monoisotopic (exact) mass is 484 g/mol. The molecule has 0 N–H and O–H groups in total. The molecule has 0 bridgehead atoms. The van der Waals surface area contributed by atoms with Gasteiger partial charge in [-0.1, -0.05) is 63.2 Å². The maximum atomic E-state index is 13.3. The number of benzene rings is 3. The van der Waals surface area contributed by atoms with Crippen LogP contribution in [-0.4, -0.2) is 20.2 Å². The van der Waals surface area contributed by atoms with E-state index in [1.54, 1.807) is 55.7 Å². The van der Waals surface area contributed by atoms with E-state index in [2.05, 4.69) is 20.8 Å². The minimum Gasteiger partial charge on any atom is -0.493 e. The highest BCUT2D eigenvalue weighted by molar-refractivity contribution is 5.91. The molecule has 1 heterocycles. The lowest BCUT2D eigenvalue weighted by molar-refractivity contribution is -0.129. The number of fused-ring (bicyclic) bond motifs is 1. The van der Waals surface area contributed by atoms with Crippen molar-refractivity contribution in [3.63, 3.8) is 0 Å². The van der Waals surface area contributed by atoms with Gasteiger partial charge in [0.15, 0.2) is 17.3 Å². The van der Waals surface area contributed by atoms with Crippen molar-refractivity contribution in [2.75, 3.05) is 14.2 Å². The summed E-state index contributed by atoms with van der Waals surface area (Å²) in [6.07, 6.45) is 2.83. The number of carbonyl (C=O) groups excluding carboxylic acids is 1. The second kappa shape index (κ2) is 10.1. The minimum atomic E-state index is -0.708. The summed E-state index contributed by atoms with van der Waals surface area (Å²) in [5.74, 6) is 0.448. The first kappa shape index (κ1) is 24.8. The molecule has 0 aliphatic carbocycles. The van der Waals surface area contributed by atoms with Gasteiger partial charge >= 0.3 is 5.97 Å². The molecule has 6 heteroatoms. The third-order valence-electron chi connectivity index (χ3n) is 5.79. The van der Waals surface area contributed by atoms with Gasteiger partial charge in [-0.2, -0.15) is 0 Å². The van der Waals surface area contributed by atoms with E-state index in [9.17, 15) is 9.59 Å². The highest BCUT2D eigenvalue weighted by atomic mass is 16.5. The molecule has 0 saturated carbocycles. The van der Waals surface area contributed by atoms with Crippen LogP contribution in [0.3, 0.4) is 0 Å². The average Bonchev–Trinajstić information content (AvgIpc) is 2.88. The number of rotatable bonds is 6. The van der Waals surface area contributed by atoms with Crippen molar-refractivity contribution in [2.45, 2.75) is 26.2 Å². The summed E-state index contributed by atoms with van der Waals surface area (Å²) in [5.41, 5.74) is 2.43. The summed E-state index contributed by atoms with van der Waals surface area (Å²) in [5, 5.41) is 0.333. The fourth-order valence-electron chi connectivity index (χ4n) is 3.78. The van der Waals surface area contributed by atoms with Crippen LogP contribution in [0.2, 0.25) is 0 Å². The lowest BCUT2D eigenvalue weighted by Gasteiger charge is -2.19. The molecule has 0 atom stereocenters. The van der Waals surface area contributed by atoms with Crippen LogP contribution >= 0.6 is 0 Å². The van der Waals surface area contributed by atoms with Crippen LogP contribution in [0.4, 0.5) is 0 Å². The molecule has 184 valence electrons. The molecule has 0 fully saturated rings. The molecule has 0 saturated heterocycles. The first-order valence-electron chi connectivity index (χ1n) is 11.5. The highest BCUT2D eigenvalue weighted by Gasteiger charge is 2.21. The summed E-state index contributed by atoms with van der Waals surface area (Å²) < 4.78 is 22.2. The van der Waals surface area contributed by atoms with E-state index in [0.717, 1.165) is 5.56 Å². The van der Waals surface area contributed by atoms with Crippen molar-refractivity contribution >= 4 is 23.0 Å². The van der Waals surface area contributed by atoms with Gasteiger partial charge in [-0.15, -0.1) is 0 Å². The molecule has 0 aliphatic heterocycles. The largest absolute Gasteiger partial charge is 0.493 e. The number of methoxy groups -OCH3 is 2. The van der Waals surface area contributed by atoms with Crippen LogP contribution < -0.4 is 19.6 Å². The zero-order valence-corrected chi connectivity index (χ0v) is 21.0. The van der Waals surface area contributed by atoms with E-state index in [-0.39, 0.29) is 16.9 Å². The van der Waals surface area contributed by atoms with Crippen LogP contribution in [0.1, 0.15) is 31.9 Å². The Kier molecular flexibility index (Phi) is 6.97. The summed E-state index contributed by atoms with van der Waals surface area (Å²) >= 11 is 0. The topological polar surface area (TPSA) is 75.0 Å². The van der Waals surface area contributed by atoms with Gasteiger partial charge in [-0.05, 0) is 46.9 Å². The smallest absolute Gasteiger partial charge is 0.336 e. The number of hydrogen-bond donors (Lipinski definition) is 0. The summed E-state index contributed by atoms with van der Waals surface area (Å²) in [6.45, 7) is 6.36. The summed E-state index contributed by atoms with van der Waals surface area (Å²) in [4.78, 5) is 26.1. The molecule has 0 unspecified atom stereocenters. The Morgan fingerprint density at radius 3 is 2.25 bits per heavy atom. The zero-order valence-electron chi connectivity index (χ0n) is 21.0. The first-order valence-corrected chi connectivity index (χ1v) is 11.5. The number of esters is 1. The van der Waals surface area contributed by atoms with Gasteiger partial charge in [-0.3, -0.25) is 4.79 Å². The van der Waals surface area contributed by atoms with Crippen molar-refractivity contribution < 1.29 is 23.4 Å². The molecule has 36 heavy (non-hydrogen) atoms. The molecular formula is C30H28O6. The first-order chi connectivity index (χ1) is 17.2. The molecular weight excluding hydrogens is 456 g/mol. The standard InChI is InChI=1S/C30H28O6/c1-30(2,3)21-14-12-20(13-15-21)28-29(27(32)22-8-6-7-9-23(22)35-28)36-26(31)17-11-19-10-16-24(33-4)25(18-19)34-5/h6-18H,1-5H3/b17-11+. The molecule has 0 amide bonds. The maximum absolute atomic E-state index is 13.3. The van der Waals surface area contributed by atoms with Crippen molar-refractivity contribution in [2.24, 2.45) is 0 Å². The number of hydrogen-bond acceptors (Lipinski definition) is 6. The lowest BCUT2D eigenvalue weighted by atomic mass is 9.86. The number of carbonyl (C=O) groups is 1. The van der Waals surface area contributed by atoms with Crippen LogP contribution in [0, 0.1) is 0 Å². The predicted molar refractivity (Wildman–Crippen MR) is 141 cm³/mol. The van der Waals surface area contributed by atoms with Gasteiger partial charge in [-0.25, -0.2) is 4.79 Å². The van der Waals surface area contributed by atoms with Gasteiger partial charge in [0.05, 0.1) is 19.6 Å². The van der Waals surface area contributed by atoms with Gasteiger partial charge < -0.3 is 18.6 Å². The Bertz CT molecular complexity index is 1490. The second-order valence-corrected chi connectivity index (χ2v) is 9.28. The van der Waals surface area contributed by atoms with E-state index < -0.39 is 11.4 Å². The van der Waals surface area contributed by atoms with E-state index in [1.165, 1.54) is 13.2 Å². The molecule has 1 aromatic heterocycles. The van der Waals surface area contributed by atoms with E-state index in [1.807, 2.05) is 24.3 Å². The van der Waals surface area contributed by atoms with Crippen LogP contribution in [-0.2, 0) is 10.2 Å². The molecule has 0 radical (unpaired) electrons. The maximum Gasteiger partial charge on any atom is 0.336 e. The van der Waals surface area contributed by atoms with Crippen LogP contribution in [0.25, 0.3) is 28.4 Å². The van der Waals surface area contributed by atoms with Crippen LogP contribution in [0.15, 0.2) is 82.0 Å². The van der Waals surface area contributed by atoms with Gasteiger partial charge in [0.2, 0.25) is 11.2 Å². The minimum absolute atomic E-state index is 0.0347. The molecule has 6 nitrogen and oxygen atoms in total. The van der Waals surface area contributed by atoms with Gasteiger partial charge in [0, 0.05) is 11.6 Å². The zero-order chi connectivity index (χ0) is 25.9. The summed E-state index contributed by atoms with van der Waals surface area (Å²) in [6, 6.07) is 19.8. The van der Waals surface area contributed by atoms with E-state index >= 15 is 0 Å².